The van der Waals surface area contributed by atoms with Gasteiger partial charge in [0.25, 0.3) is 0 Å². The molecule has 0 aliphatic carbocycles. The molecule has 31 heavy (non-hydrogen) atoms. The summed E-state index contributed by atoms with van der Waals surface area (Å²) in [4.78, 5) is 16.1. The Bertz CT molecular complexity index is 1210. The first kappa shape index (κ1) is 22.7. The fourth-order valence-corrected chi connectivity index (χ4v) is 4.16. The van der Waals surface area contributed by atoms with E-state index in [1.807, 2.05) is 13.8 Å². The van der Waals surface area contributed by atoms with E-state index < -0.39 is 23.6 Å². The van der Waals surface area contributed by atoms with Crippen LogP contribution in [0.5, 0.6) is 0 Å². The van der Waals surface area contributed by atoms with Crippen LogP contribution < -0.4 is 5.32 Å². The number of benzene rings is 2. The van der Waals surface area contributed by atoms with Crippen LogP contribution in [0.1, 0.15) is 53.2 Å². The van der Waals surface area contributed by atoms with Crippen LogP contribution in [0.25, 0.3) is 0 Å². The van der Waals surface area contributed by atoms with Crippen molar-refractivity contribution in [1.82, 2.24) is 9.55 Å². The van der Waals surface area contributed by atoms with E-state index in [4.69, 9.17) is 16.9 Å². The van der Waals surface area contributed by atoms with Crippen LogP contribution in [-0.4, -0.2) is 20.6 Å². The molecule has 0 spiro atoms. The third-order valence-electron chi connectivity index (χ3n) is 4.57. The zero-order valence-corrected chi connectivity index (χ0v) is 18.7. The Kier molecular flexibility index (Phi) is 6.62. The molecule has 2 N–H and O–H groups in total. The highest BCUT2D eigenvalue weighted by Crippen LogP contribution is 2.35. The number of aromatic nitrogens is 2. The molecule has 0 aliphatic rings. The van der Waals surface area contributed by atoms with Crippen molar-refractivity contribution in [2.24, 2.45) is 0 Å². The second-order valence-electron chi connectivity index (χ2n) is 6.94. The Balaban J connectivity index is 2.26. The second-order valence-corrected chi connectivity index (χ2v) is 8.06. The Morgan fingerprint density at radius 2 is 1.97 bits per heavy atom. The predicted molar refractivity (Wildman–Crippen MR) is 115 cm³/mol. The first-order valence-electron chi connectivity index (χ1n) is 9.06. The normalized spacial score (nSPS) is 11.9. The standard InChI is InChI=1S/C21H16BrClF2N4O2/c1-10(2)29-19(18(20(30)31)28-21(29)22)17(11-3-4-12(9-26)16(25)7-11)27-13-5-6-15(24)14(23)8-13/h3-8,10,17,27H,1-2H3,(H,30,31). The summed E-state index contributed by atoms with van der Waals surface area (Å²) in [5, 5.41) is 21.8. The van der Waals surface area contributed by atoms with Crippen LogP contribution in [0.4, 0.5) is 14.5 Å². The van der Waals surface area contributed by atoms with Gasteiger partial charge in [-0.3, -0.25) is 0 Å². The molecule has 160 valence electrons. The summed E-state index contributed by atoms with van der Waals surface area (Å²) in [5.41, 5.74) is 0.582. The zero-order valence-electron chi connectivity index (χ0n) is 16.3. The monoisotopic (exact) mass is 508 g/mol. The van der Waals surface area contributed by atoms with Crippen LogP contribution in [-0.2, 0) is 0 Å². The lowest BCUT2D eigenvalue weighted by Gasteiger charge is -2.25. The highest BCUT2D eigenvalue weighted by atomic mass is 79.9. The van der Waals surface area contributed by atoms with Gasteiger partial charge in [0.15, 0.2) is 10.4 Å². The number of carbonyl (C=O) groups is 1. The quantitative estimate of drug-likeness (QED) is 0.430. The Morgan fingerprint density at radius 1 is 1.26 bits per heavy atom. The maximum absolute atomic E-state index is 14.4. The molecule has 3 aromatic rings. The molecule has 1 heterocycles. The van der Waals surface area contributed by atoms with Gasteiger partial charge in [-0.25, -0.2) is 18.6 Å². The smallest absolute Gasteiger partial charge is 0.356 e. The van der Waals surface area contributed by atoms with Crippen LogP contribution >= 0.6 is 27.5 Å². The molecule has 0 amide bonds. The highest BCUT2D eigenvalue weighted by Gasteiger charge is 2.30. The summed E-state index contributed by atoms with van der Waals surface area (Å²) in [7, 11) is 0. The van der Waals surface area contributed by atoms with E-state index in [-0.39, 0.29) is 32.7 Å². The van der Waals surface area contributed by atoms with Gasteiger partial charge in [-0.2, -0.15) is 5.26 Å². The number of anilines is 1. The lowest BCUT2D eigenvalue weighted by Crippen LogP contribution is -2.21. The second kappa shape index (κ2) is 9.04. The van der Waals surface area contributed by atoms with Gasteiger partial charge < -0.3 is 15.0 Å². The van der Waals surface area contributed by atoms with E-state index in [0.717, 1.165) is 12.1 Å². The average molecular weight is 510 g/mol. The average Bonchev–Trinajstić information content (AvgIpc) is 3.06. The van der Waals surface area contributed by atoms with Crippen molar-refractivity contribution in [1.29, 1.82) is 5.26 Å². The molecule has 1 atom stereocenters. The molecule has 6 nitrogen and oxygen atoms in total. The number of hydrogen-bond donors (Lipinski definition) is 2. The molecule has 0 aliphatic heterocycles. The predicted octanol–water partition coefficient (Wildman–Crippen LogP) is 5.93. The summed E-state index contributed by atoms with van der Waals surface area (Å²) < 4.78 is 30.0. The van der Waals surface area contributed by atoms with Gasteiger partial charge in [0.05, 0.1) is 22.3 Å². The first-order valence-corrected chi connectivity index (χ1v) is 10.2. The maximum Gasteiger partial charge on any atom is 0.356 e. The van der Waals surface area contributed by atoms with E-state index >= 15 is 0 Å². The third kappa shape index (κ3) is 4.55. The number of carboxylic acids is 1. The first-order chi connectivity index (χ1) is 14.6. The van der Waals surface area contributed by atoms with Gasteiger partial charge in [-0.05, 0) is 65.7 Å². The molecular weight excluding hydrogens is 494 g/mol. The lowest BCUT2D eigenvalue weighted by atomic mass is 9.99. The SMILES string of the molecule is CC(C)n1c(Br)nc(C(=O)O)c1C(Nc1ccc(F)c(Cl)c1)c1ccc(C#N)c(F)c1. The van der Waals surface area contributed by atoms with Crippen molar-refractivity contribution in [3.8, 4) is 6.07 Å². The molecule has 0 saturated carbocycles. The number of halogens is 4. The molecule has 0 saturated heterocycles. The van der Waals surface area contributed by atoms with Crippen LogP contribution in [0, 0.1) is 23.0 Å². The van der Waals surface area contributed by atoms with Crippen molar-refractivity contribution in [3.05, 3.63) is 80.3 Å². The lowest BCUT2D eigenvalue weighted by molar-refractivity contribution is 0.0689. The van der Waals surface area contributed by atoms with Gasteiger partial charge in [0, 0.05) is 11.7 Å². The van der Waals surface area contributed by atoms with Crippen LogP contribution in [0.3, 0.4) is 0 Å². The molecule has 1 aromatic heterocycles. The topological polar surface area (TPSA) is 90.9 Å². The number of nitriles is 1. The number of nitrogens with zero attached hydrogens (tertiary/aromatic N) is 3. The summed E-state index contributed by atoms with van der Waals surface area (Å²) in [6.45, 7) is 3.68. The van der Waals surface area contributed by atoms with E-state index in [2.05, 4.69) is 26.2 Å². The fourth-order valence-electron chi connectivity index (χ4n) is 3.21. The maximum atomic E-state index is 14.4. The zero-order chi connectivity index (χ0) is 22.9. The molecule has 0 radical (unpaired) electrons. The molecule has 10 heteroatoms. The van der Waals surface area contributed by atoms with E-state index in [1.54, 1.807) is 10.6 Å². The van der Waals surface area contributed by atoms with Gasteiger partial charge in [-0.15, -0.1) is 0 Å². The molecule has 1 unspecified atom stereocenters. The van der Waals surface area contributed by atoms with Gasteiger partial charge >= 0.3 is 5.97 Å². The minimum Gasteiger partial charge on any atom is -0.476 e. The van der Waals surface area contributed by atoms with Crippen LogP contribution in [0.15, 0.2) is 41.1 Å². The van der Waals surface area contributed by atoms with Crippen molar-refractivity contribution >= 4 is 39.2 Å². The number of nitrogens with one attached hydrogen (secondary N) is 1. The van der Waals surface area contributed by atoms with Gasteiger partial charge in [-0.1, -0.05) is 17.7 Å². The van der Waals surface area contributed by atoms with Crippen LogP contribution in [0.2, 0.25) is 5.02 Å². The summed E-state index contributed by atoms with van der Waals surface area (Å²) in [6, 6.07) is 8.56. The van der Waals surface area contributed by atoms with Gasteiger partial charge in [0.1, 0.15) is 17.7 Å². The van der Waals surface area contributed by atoms with E-state index in [1.165, 1.54) is 24.3 Å². The molecule has 2 aromatic carbocycles. The van der Waals surface area contributed by atoms with Gasteiger partial charge in [0.2, 0.25) is 0 Å². The fraction of sp³-hybridized carbons (Fsp3) is 0.190. The van der Waals surface area contributed by atoms with Crippen molar-refractivity contribution < 1.29 is 18.7 Å². The Labute approximate surface area is 190 Å². The van der Waals surface area contributed by atoms with Crippen molar-refractivity contribution in [2.45, 2.75) is 25.9 Å². The number of hydrogen-bond acceptors (Lipinski definition) is 4. The minimum absolute atomic E-state index is 0.133. The molecular formula is C21H16BrClF2N4O2. The molecule has 0 bridgehead atoms. The number of imidazole rings is 1. The number of aromatic carboxylic acids is 1. The highest BCUT2D eigenvalue weighted by molar-refractivity contribution is 9.10. The largest absolute Gasteiger partial charge is 0.476 e. The summed E-state index contributed by atoms with van der Waals surface area (Å²) in [5.74, 6) is -2.64. The third-order valence-corrected chi connectivity index (χ3v) is 5.42. The Hall–Kier alpha value is -2.96. The van der Waals surface area contributed by atoms with Crippen molar-refractivity contribution in [3.63, 3.8) is 0 Å². The van der Waals surface area contributed by atoms with E-state index in [0.29, 0.717) is 11.3 Å². The summed E-state index contributed by atoms with van der Waals surface area (Å²) in [6.07, 6.45) is 0. The minimum atomic E-state index is -1.27. The summed E-state index contributed by atoms with van der Waals surface area (Å²) >= 11 is 9.19. The Morgan fingerprint density at radius 3 is 2.52 bits per heavy atom. The number of carboxylic acid groups (broad SMARTS) is 1. The van der Waals surface area contributed by atoms with E-state index in [9.17, 15) is 18.7 Å². The number of rotatable bonds is 6. The molecule has 0 fully saturated rings. The molecule has 3 rings (SSSR count). The van der Waals surface area contributed by atoms with Crippen molar-refractivity contribution in [2.75, 3.05) is 5.32 Å².